The van der Waals surface area contributed by atoms with Crippen molar-refractivity contribution in [2.45, 2.75) is 12.8 Å². The Balaban J connectivity index is 2.59. The molecule has 0 radical (unpaired) electrons. The summed E-state index contributed by atoms with van der Waals surface area (Å²) in [5.41, 5.74) is 0.886. The highest BCUT2D eigenvalue weighted by Gasteiger charge is 2.09. The third kappa shape index (κ3) is 5.43. The zero-order valence-corrected chi connectivity index (χ0v) is 11.7. The highest BCUT2D eigenvalue weighted by atomic mass is 16.6. The summed E-state index contributed by atoms with van der Waals surface area (Å²) >= 11 is 0. The van der Waals surface area contributed by atoms with Gasteiger partial charge in [0.15, 0.2) is 0 Å². The van der Waals surface area contributed by atoms with E-state index in [0.29, 0.717) is 25.7 Å². The smallest absolute Gasteiger partial charge is 0.321 e. The van der Waals surface area contributed by atoms with E-state index in [4.69, 9.17) is 0 Å². The number of nitro groups is 1. The summed E-state index contributed by atoms with van der Waals surface area (Å²) in [5, 5.41) is 13.2. The van der Waals surface area contributed by atoms with Gasteiger partial charge in [-0.15, -0.1) is 0 Å². The van der Waals surface area contributed by atoms with Gasteiger partial charge in [0.1, 0.15) is 6.29 Å². The molecule has 0 saturated carbocycles. The maximum atomic E-state index is 11.6. The average Bonchev–Trinajstić information content (AvgIpc) is 2.50. The number of carbonyl (C=O) groups excluding carboxylic acids is 2. The number of urea groups is 1. The second-order valence-electron chi connectivity index (χ2n) is 4.26. The van der Waals surface area contributed by atoms with E-state index in [0.717, 1.165) is 5.56 Å². The third-order valence-electron chi connectivity index (χ3n) is 2.81. The van der Waals surface area contributed by atoms with Crippen LogP contribution in [0.2, 0.25) is 0 Å². The van der Waals surface area contributed by atoms with Gasteiger partial charge >= 0.3 is 6.03 Å². The molecule has 1 N–H and O–H groups in total. The SMILES string of the molecule is CNC(=O)N(/C=C\C=O)CCCc1cccc([N+](=O)[O-])c1. The van der Waals surface area contributed by atoms with Gasteiger partial charge in [0.05, 0.1) is 4.92 Å². The van der Waals surface area contributed by atoms with E-state index in [1.54, 1.807) is 12.1 Å². The van der Waals surface area contributed by atoms with Gasteiger partial charge in [0, 0.05) is 31.9 Å². The summed E-state index contributed by atoms with van der Waals surface area (Å²) in [4.78, 5) is 33.5. The molecule has 2 amide bonds. The largest absolute Gasteiger partial charge is 0.341 e. The highest BCUT2D eigenvalue weighted by molar-refractivity contribution is 5.76. The molecule has 112 valence electrons. The van der Waals surface area contributed by atoms with Gasteiger partial charge in [0.2, 0.25) is 0 Å². The molecule has 0 aliphatic carbocycles. The highest BCUT2D eigenvalue weighted by Crippen LogP contribution is 2.14. The van der Waals surface area contributed by atoms with Crippen molar-refractivity contribution in [2.24, 2.45) is 0 Å². The summed E-state index contributed by atoms with van der Waals surface area (Å²) in [6.45, 7) is 0.409. The number of carbonyl (C=O) groups is 2. The van der Waals surface area contributed by atoms with E-state index in [-0.39, 0.29) is 11.7 Å². The van der Waals surface area contributed by atoms with Crippen molar-refractivity contribution in [3.05, 3.63) is 52.2 Å². The molecule has 7 nitrogen and oxygen atoms in total. The monoisotopic (exact) mass is 291 g/mol. The lowest BCUT2D eigenvalue weighted by molar-refractivity contribution is -0.384. The van der Waals surface area contributed by atoms with Crippen molar-refractivity contribution in [1.82, 2.24) is 10.2 Å². The molecule has 0 saturated heterocycles. The van der Waals surface area contributed by atoms with Crippen LogP contribution < -0.4 is 5.32 Å². The number of non-ortho nitro benzene ring substituents is 1. The van der Waals surface area contributed by atoms with Gasteiger partial charge in [-0.05, 0) is 24.5 Å². The fraction of sp³-hybridized carbons (Fsp3) is 0.286. The van der Waals surface area contributed by atoms with Crippen LogP contribution in [0.15, 0.2) is 36.5 Å². The van der Waals surface area contributed by atoms with Gasteiger partial charge in [-0.2, -0.15) is 0 Å². The van der Waals surface area contributed by atoms with Crippen LogP contribution >= 0.6 is 0 Å². The number of allylic oxidation sites excluding steroid dienone is 1. The summed E-state index contributed by atoms with van der Waals surface area (Å²) in [5.74, 6) is 0. The van der Waals surface area contributed by atoms with Gasteiger partial charge in [0.25, 0.3) is 5.69 Å². The van der Waals surface area contributed by atoms with Crippen LogP contribution in [0, 0.1) is 10.1 Å². The zero-order chi connectivity index (χ0) is 15.7. The lowest BCUT2D eigenvalue weighted by Gasteiger charge is -2.17. The number of rotatable bonds is 7. The van der Waals surface area contributed by atoms with Gasteiger partial charge in [-0.1, -0.05) is 12.1 Å². The number of aldehydes is 1. The zero-order valence-electron chi connectivity index (χ0n) is 11.7. The van der Waals surface area contributed by atoms with Crippen LogP contribution in [-0.2, 0) is 11.2 Å². The van der Waals surface area contributed by atoms with Crippen molar-refractivity contribution in [3.63, 3.8) is 0 Å². The molecule has 0 spiro atoms. The van der Waals surface area contributed by atoms with Crippen LogP contribution in [0.3, 0.4) is 0 Å². The lowest BCUT2D eigenvalue weighted by Crippen LogP contribution is -2.34. The molecule has 0 bridgehead atoms. The van der Waals surface area contributed by atoms with Crippen molar-refractivity contribution >= 4 is 18.0 Å². The number of hydrogen-bond donors (Lipinski definition) is 1. The number of amides is 2. The van der Waals surface area contributed by atoms with Crippen LogP contribution in [-0.4, -0.2) is 35.7 Å². The second kappa shape index (κ2) is 8.47. The molecule has 0 heterocycles. The molecule has 7 heteroatoms. The predicted octanol–water partition coefficient (Wildman–Crippen LogP) is 1.88. The Kier molecular flexibility index (Phi) is 6.59. The minimum Gasteiger partial charge on any atom is -0.341 e. The van der Waals surface area contributed by atoms with Crippen LogP contribution in [0.25, 0.3) is 0 Å². The van der Waals surface area contributed by atoms with E-state index >= 15 is 0 Å². The maximum absolute atomic E-state index is 11.6. The minimum atomic E-state index is -0.437. The molecular formula is C14H17N3O4. The predicted molar refractivity (Wildman–Crippen MR) is 77.8 cm³/mol. The van der Waals surface area contributed by atoms with Gasteiger partial charge in [-0.25, -0.2) is 4.79 Å². The maximum Gasteiger partial charge on any atom is 0.321 e. The fourth-order valence-electron chi connectivity index (χ4n) is 1.81. The first-order valence-corrected chi connectivity index (χ1v) is 6.42. The van der Waals surface area contributed by atoms with Gasteiger partial charge < -0.3 is 10.2 Å². The number of benzene rings is 1. The topological polar surface area (TPSA) is 92.6 Å². The molecule has 1 aromatic carbocycles. The molecule has 0 aliphatic rings. The summed E-state index contributed by atoms with van der Waals surface area (Å²) in [6.07, 6.45) is 4.46. The molecular weight excluding hydrogens is 274 g/mol. The first-order valence-electron chi connectivity index (χ1n) is 6.42. The molecule has 0 aliphatic heterocycles. The molecule has 0 unspecified atom stereocenters. The van der Waals surface area contributed by atoms with Crippen LogP contribution in [0.4, 0.5) is 10.5 Å². The number of nitrogens with zero attached hydrogens (tertiary/aromatic N) is 2. The van der Waals surface area contributed by atoms with E-state index in [9.17, 15) is 19.7 Å². The van der Waals surface area contributed by atoms with E-state index in [2.05, 4.69) is 5.32 Å². The standard InChI is InChI=1S/C14H17N3O4/c1-15-14(19)16(9-4-10-18)8-3-6-12-5-2-7-13(11-12)17(20)21/h2,4-5,7,9-11H,3,6,8H2,1H3,(H,15,19)/b9-4-. The fourth-order valence-corrected chi connectivity index (χ4v) is 1.81. The number of nitro benzene ring substituents is 1. The molecule has 0 atom stereocenters. The molecule has 1 rings (SSSR count). The lowest BCUT2D eigenvalue weighted by atomic mass is 10.1. The Morgan fingerprint density at radius 2 is 2.24 bits per heavy atom. The Hall–Kier alpha value is -2.70. The molecule has 0 aromatic heterocycles. The minimum absolute atomic E-state index is 0.0523. The first-order chi connectivity index (χ1) is 10.1. The number of nitrogens with one attached hydrogen (secondary N) is 1. The Morgan fingerprint density at radius 1 is 1.48 bits per heavy atom. The van der Waals surface area contributed by atoms with Crippen molar-refractivity contribution in [2.75, 3.05) is 13.6 Å². The number of aryl methyl sites for hydroxylation is 1. The summed E-state index contributed by atoms with van der Waals surface area (Å²) in [7, 11) is 1.50. The Morgan fingerprint density at radius 3 is 2.86 bits per heavy atom. The second-order valence-corrected chi connectivity index (χ2v) is 4.26. The molecule has 0 fully saturated rings. The quantitative estimate of drug-likeness (QED) is 0.359. The van der Waals surface area contributed by atoms with Crippen molar-refractivity contribution < 1.29 is 14.5 Å². The Bertz CT molecular complexity index is 543. The summed E-state index contributed by atoms with van der Waals surface area (Å²) < 4.78 is 0. The van der Waals surface area contributed by atoms with E-state index in [1.807, 2.05) is 0 Å². The molecule has 1 aromatic rings. The molecule has 21 heavy (non-hydrogen) atoms. The summed E-state index contributed by atoms with van der Waals surface area (Å²) in [6, 6.07) is 6.08. The van der Waals surface area contributed by atoms with E-state index < -0.39 is 4.92 Å². The average molecular weight is 291 g/mol. The van der Waals surface area contributed by atoms with Crippen molar-refractivity contribution in [3.8, 4) is 0 Å². The Labute approximate surface area is 122 Å². The number of hydrogen-bond acceptors (Lipinski definition) is 4. The van der Waals surface area contributed by atoms with Crippen LogP contribution in [0.5, 0.6) is 0 Å². The van der Waals surface area contributed by atoms with Crippen LogP contribution in [0.1, 0.15) is 12.0 Å². The third-order valence-corrected chi connectivity index (χ3v) is 2.81. The normalized spacial score (nSPS) is 10.3. The van der Waals surface area contributed by atoms with Gasteiger partial charge in [-0.3, -0.25) is 14.9 Å². The first kappa shape index (κ1) is 16.4. The van der Waals surface area contributed by atoms with Crippen molar-refractivity contribution in [1.29, 1.82) is 0 Å². The van der Waals surface area contributed by atoms with E-state index in [1.165, 1.54) is 36.4 Å².